The summed E-state index contributed by atoms with van der Waals surface area (Å²) in [6.07, 6.45) is 2.25. The number of hydrogen-bond donors (Lipinski definition) is 1. The largest absolute Gasteiger partial charge is 0.309 e. The Hall–Kier alpha value is -2.04. The van der Waals surface area contributed by atoms with E-state index < -0.39 is 0 Å². The number of rotatable bonds is 5. The standard InChI is InChI=1S/C16H14N6OS3/c1-8-2-5-11(26-8)10-6-24-15-13(10)14(23)17-12(18-15)7-25-16-19-20-21-22(16)9-3-4-9/h2,5-6,9H,3-4,7H2,1H3,(H,17,18,23). The molecule has 1 saturated carbocycles. The lowest BCUT2D eigenvalue weighted by atomic mass is 10.2. The van der Waals surface area contributed by atoms with Gasteiger partial charge in [0.2, 0.25) is 5.16 Å². The summed E-state index contributed by atoms with van der Waals surface area (Å²) in [7, 11) is 0. The number of aromatic amines is 1. The third-order valence-corrected chi connectivity index (χ3v) is 7.04. The Morgan fingerprint density at radius 2 is 2.27 bits per heavy atom. The lowest BCUT2D eigenvalue weighted by Crippen LogP contribution is -2.11. The molecule has 1 aliphatic carbocycles. The second-order valence-electron chi connectivity index (χ2n) is 6.18. The van der Waals surface area contributed by atoms with E-state index in [0.717, 1.165) is 33.3 Å². The number of nitrogens with one attached hydrogen (secondary N) is 1. The minimum absolute atomic E-state index is 0.0883. The van der Waals surface area contributed by atoms with E-state index in [0.29, 0.717) is 23.0 Å². The molecule has 1 N–H and O–H groups in total. The second-order valence-corrected chi connectivity index (χ2v) is 9.27. The number of fused-ring (bicyclic) bond motifs is 1. The normalized spacial score (nSPS) is 14.3. The van der Waals surface area contributed by atoms with Gasteiger partial charge < -0.3 is 4.98 Å². The van der Waals surface area contributed by atoms with E-state index in [1.54, 1.807) is 11.3 Å². The predicted octanol–water partition coefficient (Wildman–Crippen LogP) is 3.64. The second kappa shape index (κ2) is 6.29. The van der Waals surface area contributed by atoms with Crippen LogP contribution in [-0.4, -0.2) is 30.2 Å². The van der Waals surface area contributed by atoms with Gasteiger partial charge in [-0.3, -0.25) is 4.79 Å². The Kier molecular flexibility index (Phi) is 3.91. The highest BCUT2D eigenvalue weighted by atomic mass is 32.2. The summed E-state index contributed by atoms with van der Waals surface area (Å²) in [5.41, 5.74) is 0.878. The number of thioether (sulfide) groups is 1. The van der Waals surface area contributed by atoms with Gasteiger partial charge in [-0.2, -0.15) is 0 Å². The molecule has 0 spiro atoms. The van der Waals surface area contributed by atoms with Crippen LogP contribution in [0.5, 0.6) is 0 Å². The lowest BCUT2D eigenvalue weighted by molar-refractivity contribution is 0.565. The molecule has 4 aromatic heterocycles. The van der Waals surface area contributed by atoms with Crippen molar-refractivity contribution in [1.82, 2.24) is 30.2 Å². The molecule has 0 unspecified atom stereocenters. The first kappa shape index (κ1) is 16.2. The van der Waals surface area contributed by atoms with Gasteiger partial charge in [0.15, 0.2) is 0 Å². The summed E-state index contributed by atoms with van der Waals surface area (Å²) in [4.78, 5) is 23.3. The van der Waals surface area contributed by atoms with Crippen LogP contribution < -0.4 is 5.56 Å². The van der Waals surface area contributed by atoms with Crippen molar-refractivity contribution in [3.8, 4) is 10.4 Å². The zero-order valence-electron chi connectivity index (χ0n) is 13.8. The summed E-state index contributed by atoms with van der Waals surface area (Å²) in [6, 6.07) is 4.55. The molecule has 26 heavy (non-hydrogen) atoms. The van der Waals surface area contributed by atoms with Crippen LogP contribution in [0.2, 0.25) is 0 Å². The molecule has 4 aromatic rings. The van der Waals surface area contributed by atoms with Gasteiger partial charge >= 0.3 is 0 Å². The minimum Gasteiger partial charge on any atom is -0.309 e. The summed E-state index contributed by atoms with van der Waals surface area (Å²) < 4.78 is 1.86. The smallest absolute Gasteiger partial charge is 0.260 e. The highest BCUT2D eigenvalue weighted by Gasteiger charge is 2.28. The molecule has 0 saturated heterocycles. The van der Waals surface area contributed by atoms with Gasteiger partial charge in [0.25, 0.3) is 5.56 Å². The van der Waals surface area contributed by atoms with Crippen molar-refractivity contribution < 1.29 is 0 Å². The van der Waals surface area contributed by atoms with Crippen LogP contribution in [0.1, 0.15) is 29.6 Å². The van der Waals surface area contributed by atoms with Gasteiger partial charge in [0, 0.05) is 20.7 Å². The number of nitrogens with zero attached hydrogens (tertiary/aromatic N) is 5. The van der Waals surface area contributed by atoms with Crippen molar-refractivity contribution in [2.75, 3.05) is 0 Å². The molecular formula is C16H14N6OS3. The van der Waals surface area contributed by atoms with Crippen molar-refractivity contribution in [2.45, 2.75) is 36.7 Å². The predicted molar refractivity (Wildman–Crippen MR) is 104 cm³/mol. The molecule has 7 nitrogen and oxygen atoms in total. The lowest BCUT2D eigenvalue weighted by Gasteiger charge is -2.02. The van der Waals surface area contributed by atoms with Crippen LogP contribution >= 0.6 is 34.4 Å². The fourth-order valence-corrected chi connectivity index (χ4v) is 5.52. The van der Waals surface area contributed by atoms with Crippen molar-refractivity contribution in [1.29, 1.82) is 0 Å². The number of thiophene rings is 2. The SMILES string of the molecule is Cc1ccc(-c2csc3nc(CSc4nnnn4C4CC4)[nH]c(=O)c23)s1. The maximum atomic E-state index is 12.7. The molecule has 0 atom stereocenters. The molecule has 0 aromatic carbocycles. The van der Waals surface area contributed by atoms with Gasteiger partial charge in [-0.05, 0) is 42.3 Å². The number of tetrazole rings is 1. The van der Waals surface area contributed by atoms with Gasteiger partial charge in [0.1, 0.15) is 10.7 Å². The average Bonchev–Trinajstić information content (AvgIpc) is 3.03. The van der Waals surface area contributed by atoms with Crippen molar-refractivity contribution >= 4 is 44.7 Å². The molecular weight excluding hydrogens is 388 g/mol. The van der Waals surface area contributed by atoms with Gasteiger partial charge in [-0.1, -0.05) is 11.8 Å². The number of aromatic nitrogens is 6. The Labute approximate surface area is 160 Å². The minimum atomic E-state index is -0.0883. The summed E-state index contributed by atoms with van der Waals surface area (Å²) in [6.45, 7) is 2.07. The van der Waals surface area contributed by atoms with E-state index in [-0.39, 0.29) is 5.56 Å². The number of H-pyrrole nitrogens is 1. The maximum absolute atomic E-state index is 12.7. The van der Waals surface area contributed by atoms with Crippen molar-refractivity contribution in [3.63, 3.8) is 0 Å². The van der Waals surface area contributed by atoms with Gasteiger partial charge in [-0.15, -0.1) is 27.8 Å². The summed E-state index contributed by atoms with van der Waals surface area (Å²) in [5.74, 6) is 1.18. The molecule has 10 heteroatoms. The highest BCUT2D eigenvalue weighted by molar-refractivity contribution is 7.98. The topological polar surface area (TPSA) is 89.3 Å². The van der Waals surface area contributed by atoms with Crippen LogP contribution in [0.3, 0.4) is 0 Å². The van der Waals surface area contributed by atoms with E-state index >= 15 is 0 Å². The fraction of sp³-hybridized carbons (Fsp3) is 0.312. The van der Waals surface area contributed by atoms with Crippen LogP contribution in [-0.2, 0) is 5.75 Å². The van der Waals surface area contributed by atoms with Crippen molar-refractivity contribution in [2.24, 2.45) is 0 Å². The molecule has 4 heterocycles. The molecule has 5 rings (SSSR count). The van der Waals surface area contributed by atoms with Gasteiger partial charge in [-0.25, -0.2) is 9.67 Å². The van der Waals surface area contributed by atoms with E-state index in [9.17, 15) is 4.79 Å². The quantitative estimate of drug-likeness (QED) is 0.513. The Morgan fingerprint density at radius 3 is 3.04 bits per heavy atom. The van der Waals surface area contributed by atoms with Crippen molar-refractivity contribution in [3.05, 3.63) is 38.6 Å². The molecule has 1 fully saturated rings. The van der Waals surface area contributed by atoms with Crippen LogP contribution in [0.15, 0.2) is 27.5 Å². The first-order chi connectivity index (χ1) is 12.7. The third kappa shape index (κ3) is 2.87. The molecule has 0 bridgehead atoms. The van der Waals surface area contributed by atoms with E-state index in [1.807, 2.05) is 10.1 Å². The Balaban J connectivity index is 1.44. The van der Waals surface area contributed by atoms with Crippen LogP contribution in [0.25, 0.3) is 20.7 Å². The van der Waals surface area contributed by atoms with Gasteiger partial charge in [0.05, 0.1) is 17.2 Å². The first-order valence-corrected chi connectivity index (χ1v) is 10.8. The van der Waals surface area contributed by atoms with E-state index in [4.69, 9.17) is 0 Å². The zero-order chi connectivity index (χ0) is 17.7. The van der Waals surface area contributed by atoms with Crippen LogP contribution in [0.4, 0.5) is 0 Å². The average molecular weight is 403 g/mol. The summed E-state index contributed by atoms with van der Waals surface area (Å²) in [5, 5.41) is 15.3. The molecule has 132 valence electrons. The fourth-order valence-electron chi connectivity index (χ4n) is 2.78. The van der Waals surface area contributed by atoms with E-state index in [2.05, 4.69) is 44.5 Å². The van der Waals surface area contributed by atoms with Crippen LogP contribution in [0, 0.1) is 6.92 Å². The zero-order valence-corrected chi connectivity index (χ0v) is 16.2. The monoisotopic (exact) mass is 402 g/mol. The third-order valence-electron chi connectivity index (χ3n) is 4.19. The maximum Gasteiger partial charge on any atom is 0.260 e. The summed E-state index contributed by atoms with van der Waals surface area (Å²) >= 11 is 4.70. The molecule has 0 aliphatic heterocycles. The number of hydrogen-bond acceptors (Lipinski definition) is 8. The first-order valence-electron chi connectivity index (χ1n) is 8.17. The molecule has 0 amide bonds. The Morgan fingerprint density at radius 1 is 1.38 bits per heavy atom. The molecule has 0 radical (unpaired) electrons. The Bertz CT molecular complexity index is 1150. The van der Waals surface area contributed by atoms with E-state index in [1.165, 1.54) is 28.0 Å². The molecule has 1 aliphatic rings. The number of aryl methyl sites for hydroxylation is 1. The highest BCUT2D eigenvalue weighted by Crippen LogP contribution is 2.37.